The second kappa shape index (κ2) is 5.98. The molecule has 1 rings (SSSR count). The van der Waals surface area contributed by atoms with Crippen LogP contribution in [-0.2, 0) is 4.74 Å². The molecule has 4 nitrogen and oxygen atoms in total. The van der Waals surface area contributed by atoms with Crippen molar-refractivity contribution < 1.29 is 9.47 Å². The first-order chi connectivity index (χ1) is 7.94. The molecule has 1 atom stereocenters. The minimum Gasteiger partial charge on any atom is -0.492 e. The number of aromatic nitrogens is 1. The van der Waals surface area contributed by atoms with Gasteiger partial charge in [0.15, 0.2) is 0 Å². The Bertz CT molecular complexity index is 334. The molecule has 0 aliphatic carbocycles. The van der Waals surface area contributed by atoms with Crippen molar-refractivity contribution in [3.8, 4) is 5.75 Å². The van der Waals surface area contributed by atoms with Crippen LogP contribution in [0.4, 0.5) is 0 Å². The molecule has 1 heterocycles. The number of pyridine rings is 1. The molecule has 17 heavy (non-hydrogen) atoms. The Morgan fingerprint density at radius 2 is 2.12 bits per heavy atom. The topological polar surface area (TPSA) is 57.4 Å². The quantitative estimate of drug-likeness (QED) is 0.826. The van der Waals surface area contributed by atoms with Gasteiger partial charge in [0, 0.05) is 19.6 Å². The number of ether oxygens (including phenoxy) is 2. The standard InChI is InChI=1S/C13H22N2O2/c1-10(14)12-6-5-11(9-15-12)17-8-7-13(2,3)16-4/h5-6,9-10H,7-8,14H2,1-4H3/t10-/m0/s1. The summed E-state index contributed by atoms with van der Waals surface area (Å²) < 4.78 is 10.9. The van der Waals surface area contributed by atoms with Crippen molar-refractivity contribution >= 4 is 0 Å². The molecule has 0 aliphatic heterocycles. The Hall–Kier alpha value is -1.13. The molecule has 0 aromatic carbocycles. The van der Waals surface area contributed by atoms with Crippen LogP contribution in [0.2, 0.25) is 0 Å². The van der Waals surface area contributed by atoms with E-state index in [1.165, 1.54) is 0 Å². The van der Waals surface area contributed by atoms with E-state index in [-0.39, 0.29) is 11.6 Å². The Balaban J connectivity index is 2.42. The van der Waals surface area contributed by atoms with E-state index in [1.54, 1.807) is 13.3 Å². The number of methoxy groups -OCH3 is 1. The zero-order valence-electron chi connectivity index (χ0n) is 11.1. The monoisotopic (exact) mass is 238 g/mol. The highest BCUT2D eigenvalue weighted by atomic mass is 16.5. The average molecular weight is 238 g/mol. The van der Waals surface area contributed by atoms with E-state index >= 15 is 0 Å². The van der Waals surface area contributed by atoms with Gasteiger partial charge in [0.05, 0.1) is 24.1 Å². The van der Waals surface area contributed by atoms with E-state index in [0.29, 0.717) is 6.61 Å². The fourth-order valence-electron chi connectivity index (χ4n) is 1.26. The molecular weight excluding hydrogens is 216 g/mol. The average Bonchev–Trinajstić information content (AvgIpc) is 2.29. The number of nitrogens with zero attached hydrogens (tertiary/aromatic N) is 1. The number of hydrogen-bond acceptors (Lipinski definition) is 4. The fourth-order valence-corrected chi connectivity index (χ4v) is 1.26. The predicted molar refractivity (Wildman–Crippen MR) is 68.0 cm³/mol. The largest absolute Gasteiger partial charge is 0.492 e. The fraction of sp³-hybridized carbons (Fsp3) is 0.615. The lowest BCUT2D eigenvalue weighted by molar-refractivity contribution is 0.00542. The van der Waals surface area contributed by atoms with Gasteiger partial charge in [0.25, 0.3) is 0 Å². The molecule has 0 fully saturated rings. The van der Waals surface area contributed by atoms with Crippen molar-refractivity contribution in [1.29, 1.82) is 0 Å². The van der Waals surface area contributed by atoms with E-state index in [4.69, 9.17) is 15.2 Å². The lowest BCUT2D eigenvalue weighted by Crippen LogP contribution is -2.25. The van der Waals surface area contributed by atoms with Crippen molar-refractivity contribution in [2.45, 2.75) is 38.8 Å². The maximum absolute atomic E-state index is 5.72. The number of hydrogen-bond donors (Lipinski definition) is 1. The number of nitrogens with two attached hydrogens (primary N) is 1. The summed E-state index contributed by atoms with van der Waals surface area (Å²) in [4.78, 5) is 4.23. The zero-order chi connectivity index (χ0) is 12.9. The lowest BCUT2D eigenvalue weighted by atomic mass is 10.1. The van der Waals surface area contributed by atoms with Gasteiger partial charge in [-0.3, -0.25) is 4.98 Å². The molecule has 0 saturated heterocycles. The summed E-state index contributed by atoms with van der Waals surface area (Å²) in [5.41, 5.74) is 6.44. The van der Waals surface area contributed by atoms with Gasteiger partial charge < -0.3 is 15.2 Å². The van der Waals surface area contributed by atoms with Crippen molar-refractivity contribution in [2.75, 3.05) is 13.7 Å². The third kappa shape index (κ3) is 4.71. The van der Waals surface area contributed by atoms with Crippen LogP contribution >= 0.6 is 0 Å². The van der Waals surface area contributed by atoms with Crippen LogP contribution in [0.3, 0.4) is 0 Å². The molecule has 0 bridgehead atoms. The van der Waals surface area contributed by atoms with Crippen molar-refractivity contribution in [3.05, 3.63) is 24.0 Å². The van der Waals surface area contributed by atoms with E-state index in [0.717, 1.165) is 17.9 Å². The summed E-state index contributed by atoms with van der Waals surface area (Å²) in [6, 6.07) is 3.74. The molecular formula is C13H22N2O2. The van der Waals surface area contributed by atoms with Crippen LogP contribution in [-0.4, -0.2) is 24.3 Å². The van der Waals surface area contributed by atoms with E-state index in [1.807, 2.05) is 32.9 Å². The molecule has 0 aliphatic rings. The zero-order valence-corrected chi connectivity index (χ0v) is 11.1. The van der Waals surface area contributed by atoms with Gasteiger partial charge in [-0.05, 0) is 32.9 Å². The lowest BCUT2D eigenvalue weighted by Gasteiger charge is -2.22. The maximum Gasteiger partial charge on any atom is 0.137 e. The smallest absolute Gasteiger partial charge is 0.137 e. The Kier molecular flexibility index (Phi) is 4.90. The summed E-state index contributed by atoms with van der Waals surface area (Å²) in [5, 5.41) is 0. The van der Waals surface area contributed by atoms with E-state index in [9.17, 15) is 0 Å². The second-order valence-electron chi connectivity index (χ2n) is 4.77. The first-order valence-corrected chi connectivity index (χ1v) is 5.84. The Morgan fingerprint density at radius 3 is 2.59 bits per heavy atom. The summed E-state index contributed by atoms with van der Waals surface area (Å²) >= 11 is 0. The van der Waals surface area contributed by atoms with Gasteiger partial charge in [-0.15, -0.1) is 0 Å². The Labute approximate surface area is 103 Å². The highest BCUT2D eigenvalue weighted by Crippen LogP contribution is 2.16. The maximum atomic E-state index is 5.72. The molecule has 0 unspecified atom stereocenters. The van der Waals surface area contributed by atoms with E-state index in [2.05, 4.69) is 4.98 Å². The van der Waals surface area contributed by atoms with Crippen LogP contribution < -0.4 is 10.5 Å². The molecule has 2 N–H and O–H groups in total. The molecule has 0 spiro atoms. The van der Waals surface area contributed by atoms with Crippen LogP contribution in [0.5, 0.6) is 5.75 Å². The van der Waals surface area contributed by atoms with Gasteiger partial charge in [-0.2, -0.15) is 0 Å². The van der Waals surface area contributed by atoms with Crippen LogP contribution in [0.25, 0.3) is 0 Å². The molecule has 0 amide bonds. The Morgan fingerprint density at radius 1 is 1.41 bits per heavy atom. The highest BCUT2D eigenvalue weighted by molar-refractivity contribution is 5.21. The second-order valence-corrected chi connectivity index (χ2v) is 4.77. The van der Waals surface area contributed by atoms with Gasteiger partial charge in [0.1, 0.15) is 5.75 Å². The molecule has 1 aromatic rings. The molecule has 0 radical (unpaired) electrons. The van der Waals surface area contributed by atoms with Crippen molar-refractivity contribution in [1.82, 2.24) is 4.98 Å². The highest BCUT2D eigenvalue weighted by Gasteiger charge is 2.15. The van der Waals surface area contributed by atoms with E-state index < -0.39 is 0 Å². The van der Waals surface area contributed by atoms with Crippen LogP contribution in [0.1, 0.15) is 38.9 Å². The molecule has 96 valence electrons. The van der Waals surface area contributed by atoms with Crippen molar-refractivity contribution in [2.24, 2.45) is 5.73 Å². The summed E-state index contributed by atoms with van der Waals surface area (Å²) in [6.45, 7) is 6.59. The normalized spacial score (nSPS) is 13.5. The minimum absolute atomic E-state index is 0.0449. The molecule has 1 aromatic heterocycles. The molecule has 0 saturated carbocycles. The van der Waals surface area contributed by atoms with Crippen molar-refractivity contribution in [3.63, 3.8) is 0 Å². The molecule has 4 heteroatoms. The third-order valence-electron chi connectivity index (χ3n) is 2.75. The van der Waals surface area contributed by atoms with Gasteiger partial charge in [0.2, 0.25) is 0 Å². The van der Waals surface area contributed by atoms with Gasteiger partial charge >= 0.3 is 0 Å². The summed E-state index contributed by atoms with van der Waals surface area (Å²) in [7, 11) is 1.71. The first kappa shape index (κ1) is 13.9. The summed E-state index contributed by atoms with van der Waals surface area (Å²) in [6.07, 6.45) is 2.54. The predicted octanol–water partition coefficient (Wildman–Crippen LogP) is 2.30. The number of rotatable bonds is 6. The third-order valence-corrected chi connectivity index (χ3v) is 2.75. The van der Waals surface area contributed by atoms with Gasteiger partial charge in [-0.1, -0.05) is 0 Å². The van der Waals surface area contributed by atoms with Crippen LogP contribution in [0.15, 0.2) is 18.3 Å². The SMILES string of the molecule is COC(C)(C)CCOc1ccc([C@H](C)N)nc1. The first-order valence-electron chi connectivity index (χ1n) is 5.84. The summed E-state index contributed by atoms with van der Waals surface area (Å²) in [5.74, 6) is 0.765. The van der Waals surface area contributed by atoms with Crippen LogP contribution in [0, 0.1) is 0 Å². The van der Waals surface area contributed by atoms with Gasteiger partial charge in [-0.25, -0.2) is 0 Å². The minimum atomic E-state index is -0.154.